The monoisotopic (exact) mass is 357 g/mol. The van der Waals surface area contributed by atoms with E-state index in [1.807, 2.05) is 12.1 Å². The van der Waals surface area contributed by atoms with E-state index in [0.29, 0.717) is 18.0 Å². The van der Waals surface area contributed by atoms with Crippen LogP contribution in [0.4, 0.5) is 4.39 Å². The summed E-state index contributed by atoms with van der Waals surface area (Å²) in [6, 6.07) is 5.22. The summed E-state index contributed by atoms with van der Waals surface area (Å²) in [6.07, 6.45) is 0. The number of halogens is 2. The van der Waals surface area contributed by atoms with Gasteiger partial charge in [-0.05, 0) is 18.1 Å². The molecule has 1 heterocycles. The first kappa shape index (κ1) is 16.9. The first-order valence-electron chi connectivity index (χ1n) is 7.62. The highest BCUT2D eigenvalue weighted by Gasteiger charge is 2.26. The second-order valence-electron chi connectivity index (χ2n) is 6.15. The van der Waals surface area contributed by atoms with Gasteiger partial charge in [0.2, 0.25) is 0 Å². The van der Waals surface area contributed by atoms with E-state index in [4.69, 9.17) is 5.73 Å². The van der Waals surface area contributed by atoms with E-state index < -0.39 is 0 Å². The highest BCUT2D eigenvalue weighted by Crippen LogP contribution is 2.26. The summed E-state index contributed by atoms with van der Waals surface area (Å²) in [7, 11) is 0. The predicted molar refractivity (Wildman–Crippen MR) is 88.7 cm³/mol. The Morgan fingerprint density at radius 1 is 1.24 bits per heavy atom. The van der Waals surface area contributed by atoms with Crippen molar-refractivity contribution >= 4 is 15.9 Å². The van der Waals surface area contributed by atoms with Crippen molar-refractivity contribution in [3.8, 4) is 0 Å². The molecular formula is C16H25BrFN3. The molecule has 21 heavy (non-hydrogen) atoms. The molecule has 1 unspecified atom stereocenters. The largest absolute Gasteiger partial charge is 0.329 e. The van der Waals surface area contributed by atoms with Crippen molar-refractivity contribution in [2.75, 3.05) is 39.3 Å². The second-order valence-corrected chi connectivity index (χ2v) is 7.06. The van der Waals surface area contributed by atoms with Crippen LogP contribution in [0.1, 0.15) is 25.5 Å². The fraction of sp³-hybridized carbons (Fsp3) is 0.625. The molecule has 1 aromatic carbocycles. The number of piperazine rings is 1. The van der Waals surface area contributed by atoms with Gasteiger partial charge in [0, 0.05) is 49.3 Å². The van der Waals surface area contributed by atoms with Gasteiger partial charge in [-0.2, -0.15) is 0 Å². The van der Waals surface area contributed by atoms with Gasteiger partial charge in [0.1, 0.15) is 5.82 Å². The number of benzene rings is 1. The lowest BCUT2D eigenvalue weighted by atomic mass is 10.0. The Bertz CT molecular complexity index is 459. The van der Waals surface area contributed by atoms with Gasteiger partial charge in [-0.1, -0.05) is 35.8 Å². The minimum Gasteiger partial charge on any atom is -0.329 e. The first-order valence-corrected chi connectivity index (χ1v) is 8.42. The summed E-state index contributed by atoms with van der Waals surface area (Å²) >= 11 is 3.30. The van der Waals surface area contributed by atoms with E-state index in [1.165, 1.54) is 6.07 Å². The Balaban J connectivity index is 2.02. The summed E-state index contributed by atoms with van der Waals surface area (Å²) < 4.78 is 14.9. The maximum Gasteiger partial charge on any atom is 0.129 e. The quantitative estimate of drug-likeness (QED) is 0.879. The van der Waals surface area contributed by atoms with E-state index in [-0.39, 0.29) is 11.9 Å². The van der Waals surface area contributed by atoms with Crippen LogP contribution in [0.3, 0.4) is 0 Å². The molecule has 3 nitrogen and oxygen atoms in total. The average molecular weight is 358 g/mol. The lowest BCUT2D eigenvalue weighted by molar-refractivity contribution is 0.0899. The molecule has 0 amide bonds. The number of hydrogen-bond acceptors (Lipinski definition) is 3. The van der Waals surface area contributed by atoms with Crippen LogP contribution in [0.25, 0.3) is 0 Å². The summed E-state index contributed by atoms with van der Waals surface area (Å²) in [5.41, 5.74) is 6.63. The number of nitrogens with two attached hydrogens (primary N) is 1. The van der Waals surface area contributed by atoms with E-state index >= 15 is 0 Å². The Labute approximate surface area is 135 Å². The van der Waals surface area contributed by atoms with Gasteiger partial charge in [0.15, 0.2) is 0 Å². The zero-order valence-corrected chi connectivity index (χ0v) is 14.4. The molecule has 0 saturated carbocycles. The third kappa shape index (κ3) is 4.49. The van der Waals surface area contributed by atoms with Gasteiger partial charge >= 0.3 is 0 Å². The van der Waals surface area contributed by atoms with Crippen LogP contribution in [-0.4, -0.2) is 49.1 Å². The van der Waals surface area contributed by atoms with E-state index in [9.17, 15) is 4.39 Å². The maximum absolute atomic E-state index is 14.2. The van der Waals surface area contributed by atoms with Crippen LogP contribution in [0.5, 0.6) is 0 Å². The SMILES string of the molecule is CC(C)CN1CCN(C(CN)c2ccc(Br)cc2F)CC1. The lowest BCUT2D eigenvalue weighted by Gasteiger charge is -2.39. The van der Waals surface area contributed by atoms with Crippen molar-refractivity contribution < 1.29 is 4.39 Å². The molecule has 1 saturated heterocycles. The summed E-state index contributed by atoms with van der Waals surface area (Å²) in [6.45, 7) is 10.0. The molecule has 2 N–H and O–H groups in total. The highest BCUT2D eigenvalue weighted by atomic mass is 79.9. The topological polar surface area (TPSA) is 32.5 Å². The van der Waals surface area contributed by atoms with Gasteiger partial charge < -0.3 is 10.6 Å². The Morgan fingerprint density at radius 3 is 2.43 bits per heavy atom. The van der Waals surface area contributed by atoms with Crippen LogP contribution in [0, 0.1) is 11.7 Å². The summed E-state index contributed by atoms with van der Waals surface area (Å²) in [4.78, 5) is 4.79. The molecule has 0 aliphatic carbocycles. The minimum atomic E-state index is -0.176. The van der Waals surface area contributed by atoms with E-state index in [0.717, 1.165) is 37.2 Å². The number of nitrogens with zero attached hydrogens (tertiary/aromatic N) is 2. The molecule has 118 valence electrons. The Morgan fingerprint density at radius 2 is 1.90 bits per heavy atom. The van der Waals surface area contributed by atoms with Crippen LogP contribution in [0.2, 0.25) is 0 Å². The normalized spacial score (nSPS) is 19.1. The van der Waals surface area contributed by atoms with Crippen molar-refractivity contribution in [1.82, 2.24) is 9.80 Å². The molecule has 2 rings (SSSR count). The number of hydrogen-bond donors (Lipinski definition) is 1. The molecule has 1 aliphatic heterocycles. The third-order valence-corrected chi connectivity index (χ3v) is 4.51. The van der Waals surface area contributed by atoms with Gasteiger partial charge in [-0.15, -0.1) is 0 Å². The average Bonchev–Trinajstić information content (AvgIpc) is 2.43. The predicted octanol–water partition coefficient (Wildman–Crippen LogP) is 2.86. The Kier molecular flexibility index (Phi) is 6.17. The standard InChI is InChI=1S/C16H25BrFN3/c1-12(2)11-20-5-7-21(8-6-20)16(10-19)14-4-3-13(17)9-15(14)18/h3-4,9,12,16H,5-8,10-11,19H2,1-2H3. The van der Waals surface area contributed by atoms with Crippen LogP contribution in [0.15, 0.2) is 22.7 Å². The molecule has 1 fully saturated rings. The third-order valence-electron chi connectivity index (χ3n) is 4.02. The minimum absolute atomic E-state index is 0.0284. The summed E-state index contributed by atoms with van der Waals surface area (Å²) in [5, 5.41) is 0. The van der Waals surface area contributed by atoms with Crippen molar-refractivity contribution in [2.45, 2.75) is 19.9 Å². The molecule has 0 aromatic heterocycles. The zero-order valence-electron chi connectivity index (χ0n) is 12.9. The van der Waals surface area contributed by atoms with Gasteiger partial charge in [0.05, 0.1) is 6.04 Å². The van der Waals surface area contributed by atoms with Crippen molar-refractivity contribution in [2.24, 2.45) is 11.7 Å². The molecule has 1 aliphatic rings. The smallest absolute Gasteiger partial charge is 0.129 e. The lowest BCUT2D eigenvalue weighted by Crippen LogP contribution is -2.49. The molecular weight excluding hydrogens is 333 g/mol. The molecule has 0 bridgehead atoms. The van der Waals surface area contributed by atoms with E-state index in [1.54, 1.807) is 0 Å². The van der Waals surface area contributed by atoms with Crippen LogP contribution >= 0.6 is 15.9 Å². The molecule has 0 radical (unpaired) electrons. The maximum atomic E-state index is 14.2. The fourth-order valence-corrected chi connectivity index (χ4v) is 3.35. The van der Waals surface area contributed by atoms with Crippen LogP contribution < -0.4 is 5.73 Å². The first-order chi connectivity index (χ1) is 10.0. The fourth-order valence-electron chi connectivity index (χ4n) is 3.02. The van der Waals surface area contributed by atoms with E-state index in [2.05, 4.69) is 39.6 Å². The van der Waals surface area contributed by atoms with Gasteiger partial charge in [-0.25, -0.2) is 4.39 Å². The second kappa shape index (κ2) is 7.68. The molecule has 1 aromatic rings. The molecule has 1 atom stereocenters. The van der Waals surface area contributed by atoms with Gasteiger partial charge in [-0.3, -0.25) is 4.90 Å². The summed E-state index contributed by atoms with van der Waals surface area (Å²) in [5.74, 6) is 0.509. The number of rotatable bonds is 5. The molecule has 5 heteroatoms. The van der Waals surface area contributed by atoms with Crippen molar-refractivity contribution in [1.29, 1.82) is 0 Å². The van der Waals surface area contributed by atoms with Gasteiger partial charge in [0.25, 0.3) is 0 Å². The van der Waals surface area contributed by atoms with Crippen LogP contribution in [-0.2, 0) is 0 Å². The highest BCUT2D eigenvalue weighted by molar-refractivity contribution is 9.10. The Hall–Kier alpha value is -0.490. The molecule has 0 spiro atoms. The zero-order chi connectivity index (χ0) is 15.4. The van der Waals surface area contributed by atoms with Crippen molar-refractivity contribution in [3.05, 3.63) is 34.1 Å². The van der Waals surface area contributed by atoms with Crippen molar-refractivity contribution in [3.63, 3.8) is 0 Å².